The number of nitrogens with one attached hydrogen (secondary N) is 1. The van der Waals surface area contributed by atoms with Crippen LogP contribution in [0.25, 0.3) is 0 Å². The van der Waals surface area contributed by atoms with Crippen molar-refractivity contribution in [3.8, 4) is 11.5 Å². The third kappa shape index (κ3) is 10.2. The van der Waals surface area contributed by atoms with Crippen molar-refractivity contribution in [2.75, 3.05) is 40.3 Å². The molecule has 1 N–H and O–H groups in total. The molecule has 4 atom stereocenters. The van der Waals surface area contributed by atoms with E-state index in [0.29, 0.717) is 13.2 Å². The Bertz CT molecular complexity index is 968. The van der Waals surface area contributed by atoms with Gasteiger partial charge in [0.1, 0.15) is 18.3 Å². The molecule has 0 bridgehead atoms. The Morgan fingerprint density at radius 2 is 1.75 bits per heavy atom. The summed E-state index contributed by atoms with van der Waals surface area (Å²) < 4.78 is 39.6. The van der Waals surface area contributed by atoms with Crippen LogP contribution in [-0.4, -0.2) is 87.5 Å². The second-order valence-corrected chi connectivity index (χ2v) is 10.7. The summed E-state index contributed by atoms with van der Waals surface area (Å²) in [4.78, 5) is 42.3. The summed E-state index contributed by atoms with van der Waals surface area (Å²) in [5.41, 5.74) is -0.169. The number of carbonyl (C=O) groups is 3. The van der Waals surface area contributed by atoms with Gasteiger partial charge >= 0.3 is 11.9 Å². The van der Waals surface area contributed by atoms with Crippen LogP contribution >= 0.6 is 0 Å². The van der Waals surface area contributed by atoms with Crippen molar-refractivity contribution >= 4 is 17.8 Å². The van der Waals surface area contributed by atoms with Crippen LogP contribution in [0.3, 0.4) is 0 Å². The highest BCUT2D eigenvalue weighted by Crippen LogP contribution is 2.30. The summed E-state index contributed by atoms with van der Waals surface area (Å²) >= 11 is 0. The van der Waals surface area contributed by atoms with Crippen LogP contribution in [0.1, 0.15) is 59.0 Å². The molecule has 1 amide bonds. The number of hydrogen-bond donors (Lipinski definition) is 1. The van der Waals surface area contributed by atoms with E-state index in [9.17, 15) is 14.4 Å². The van der Waals surface area contributed by atoms with E-state index < -0.39 is 49.0 Å². The second kappa shape index (κ2) is 16.3. The summed E-state index contributed by atoms with van der Waals surface area (Å²) in [5, 5.41) is 2.61. The molecular weight excluding hydrogens is 524 g/mol. The molecule has 1 aromatic rings. The van der Waals surface area contributed by atoms with E-state index in [4.69, 9.17) is 33.2 Å². The Morgan fingerprint density at radius 1 is 1.07 bits per heavy atom. The second-order valence-electron chi connectivity index (χ2n) is 10.7. The molecule has 0 aliphatic carbocycles. The van der Waals surface area contributed by atoms with Gasteiger partial charge in [0.2, 0.25) is 6.79 Å². The van der Waals surface area contributed by atoms with Crippen LogP contribution in [0.2, 0.25) is 0 Å². The molecule has 2 rings (SSSR count). The van der Waals surface area contributed by atoms with Crippen molar-refractivity contribution in [3.63, 3.8) is 0 Å². The van der Waals surface area contributed by atoms with E-state index in [1.807, 2.05) is 27.7 Å². The Hall–Kier alpha value is -2.96. The van der Waals surface area contributed by atoms with Crippen molar-refractivity contribution in [2.45, 2.75) is 72.8 Å². The number of esters is 2. The zero-order chi connectivity index (χ0) is 29.8. The summed E-state index contributed by atoms with van der Waals surface area (Å²) in [6.45, 7) is 13.7. The maximum absolute atomic E-state index is 13.3. The minimum Gasteiger partial charge on any atom is -0.493 e. The molecule has 1 aliphatic heterocycles. The van der Waals surface area contributed by atoms with Crippen molar-refractivity contribution in [3.05, 3.63) is 18.0 Å². The van der Waals surface area contributed by atoms with Gasteiger partial charge in [-0.3, -0.25) is 9.59 Å². The first-order chi connectivity index (χ1) is 18.9. The van der Waals surface area contributed by atoms with Gasteiger partial charge in [-0.25, -0.2) is 9.78 Å². The lowest BCUT2D eigenvalue weighted by Gasteiger charge is -2.31. The normalized spacial score (nSPS) is 21.8. The Morgan fingerprint density at radius 3 is 2.38 bits per heavy atom. The van der Waals surface area contributed by atoms with E-state index in [-0.39, 0.29) is 48.2 Å². The molecule has 1 saturated heterocycles. The lowest BCUT2D eigenvalue weighted by molar-refractivity contribution is -0.170. The van der Waals surface area contributed by atoms with Gasteiger partial charge in [-0.2, -0.15) is 0 Å². The van der Waals surface area contributed by atoms with Crippen LogP contribution in [0.5, 0.6) is 11.5 Å². The van der Waals surface area contributed by atoms with Crippen molar-refractivity contribution in [1.29, 1.82) is 0 Å². The Kier molecular flexibility index (Phi) is 13.6. The smallest absolute Gasteiger partial charge is 0.331 e. The number of nitrogens with zero attached hydrogens (tertiary/aromatic N) is 1. The van der Waals surface area contributed by atoms with Gasteiger partial charge in [-0.05, 0) is 18.8 Å². The fraction of sp³-hybridized carbons (Fsp3) is 0.714. The molecule has 0 unspecified atom stereocenters. The maximum Gasteiger partial charge on any atom is 0.331 e. The van der Waals surface area contributed by atoms with Crippen LogP contribution in [0.4, 0.5) is 0 Å². The van der Waals surface area contributed by atoms with Gasteiger partial charge in [0, 0.05) is 25.5 Å². The predicted octanol–water partition coefficient (Wildman–Crippen LogP) is 2.77. The molecule has 0 spiro atoms. The van der Waals surface area contributed by atoms with Crippen LogP contribution in [0, 0.1) is 17.8 Å². The number of pyridine rings is 1. The molecule has 40 heavy (non-hydrogen) atoms. The molecule has 226 valence electrons. The molecule has 12 heteroatoms. The van der Waals surface area contributed by atoms with Crippen molar-refractivity contribution in [2.24, 2.45) is 17.8 Å². The summed E-state index contributed by atoms with van der Waals surface area (Å²) in [6, 6.07) is 0.341. The van der Waals surface area contributed by atoms with Gasteiger partial charge in [-0.15, -0.1) is 0 Å². The average molecular weight is 569 g/mol. The van der Waals surface area contributed by atoms with E-state index in [1.54, 1.807) is 20.8 Å². The zero-order valence-electron chi connectivity index (χ0n) is 24.8. The first-order valence-corrected chi connectivity index (χ1v) is 13.6. The lowest BCUT2D eigenvalue weighted by atomic mass is 10.1. The van der Waals surface area contributed by atoms with E-state index in [2.05, 4.69) is 10.3 Å². The molecule has 1 fully saturated rings. The monoisotopic (exact) mass is 568 g/mol. The van der Waals surface area contributed by atoms with E-state index in [1.165, 1.54) is 19.4 Å². The predicted molar refractivity (Wildman–Crippen MR) is 144 cm³/mol. The molecular formula is C28H44N2O10. The molecule has 1 aromatic heterocycles. The third-order valence-corrected chi connectivity index (χ3v) is 5.73. The first kappa shape index (κ1) is 33.2. The number of carbonyl (C=O) groups excluding carboxylic acids is 3. The zero-order valence-corrected chi connectivity index (χ0v) is 24.8. The Labute approximate surface area is 236 Å². The number of hydrogen-bond acceptors (Lipinski definition) is 11. The standard InChI is InChI=1S/C28H44N2O10/c1-16(2)11-36-22-14-35-13-20(28(33)40-19(7)24(22)37-12-17(3)4)30-26(31)23-25(21(34-8)9-10-29-23)38-15-39-27(32)18(5)6/h9-10,16-20,22,24H,11-15H2,1-8H3,(H,30,31)/t19-,20-,22-,24-/m0/s1. The van der Waals surface area contributed by atoms with Gasteiger partial charge in [0.15, 0.2) is 23.2 Å². The summed E-state index contributed by atoms with van der Waals surface area (Å²) in [5.74, 6) is -1.57. The minimum absolute atomic E-state index is 0.0472. The quantitative estimate of drug-likeness (QED) is 0.277. The number of rotatable bonds is 13. The highest BCUT2D eigenvalue weighted by atomic mass is 16.7. The van der Waals surface area contributed by atoms with Crippen LogP contribution in [-0.2, 0) is 33.3 Å². The highest BCUT2D eigenvalue weighted by molar-refractivity contribution is 5.98. The average Bonchev–Trinajstić information content (AvgIpc) is 2.94. The molecule has 0 saturated carbocycles. The lowest BCUT2D eigenvalue weighted by Crippen LogP contribution is -2.47. The molecule has 12 nitrogen and oxygen atoms in total. The maximum atomic E-state index is 13.3. The van der Waals surface area contributed by atoms with Crippen molar-refractivity contribution in [1.82, 2.24) is 10.3 Å². The van der Waals surface area contributed by atoms with Crippen molar-refractivity contribution < 1.29 is 47.5 Å². The van der Waals surface area contributed by atoms with E-state index >= 15 is 0 Å². The number of aromatic nitrogens is 1. The molecule has 0 aromatic carbocycles. The fourth-order valence-corrected chi connectivity index (χ4v) is 3.64. The number of ether oxygens (including phenoxy) is 7. The van der Waals surface area contributed by atoms with Gasteiger partial charge in [0.05, 0.1) is 26.2 Å². The number of cyclic esters (lactones) is 1. The van der Waals surface area contributed by atoms with Crippen LogP contribution < -0.4 is 14.8 Å². The SMILES string of the molecule is COc1ccnc(C(=O)N[C@H]2COC[C@H](OCC(C)C)[C@@H](OCC(C)C)[C@H](C)OC2=O)c1OCOC(=O)C(C)C. The molecule has 0 radical (unpaired) electrons. The molecule has 1 aliphatic rings. The summed E-state index contributed by atoms with van der Waals surface area (Å²) in [6.07, 6.45) is -0.358. The van der Waals surface area contributed by atoms with Crippen LogP contribution in [0.15, 0.2) is 12.3 Å². The Balaban J connectivity index is 2.20. The van der Waals surface area contributed by atoms with Gasteiger partial charge < -0.3 is 38.5 Å². The fourth-order valence-electron chi connectivity index (χ4n) is 3.64. The first-order valence-electron chi connectivity index (χ1n) is 13.6. The molecule has 2 heterocycles. The third-order valence-electron chi connectivity index (χ3n) is 5.73. The summed E-state index contributed by atoms with van der Waals surface area (Å²) in [7, 11) is 1.39. The van der Waals surface area contributed by atoms with Gasteiger partial charge in [-0.1, -0.05) is 41.5 Å². The van der Waals surface area contributed by atoms with E-state index in [0.717, 1.165) is 0 Å². The minimum atomic E-state index is -1.15. The highest BCUT2D eigenvalue weighted by Gasteiger charge is 2.37. The topological polar surface area (TPSA) is 141 Å². The number of methoxy groups -OCH3 is 1. The van der Waals surface area contributed by atoms with Gasteiger partial charge in [0.25, 0.3) is 5.91 Å². The number of amides is 1. The largest absolute Gasteiger partial charge is 0.493 e.